The highest BCUT2D eigenvalue weighted by Crippen LogP contribution is 2.14. The predicted octanol–water partition coefficient (Wildman–Crippen LogP) is 0.976. The number of benzene rings is 1. The van der Waals surface area contributed by atoms with Crippen LogP contribution >= 0.6 is 0 Å². The van der Waals surface area contributed by atoms with Gasteiger partial charge in [0.2, 0.25) is 15.9 Å². The maximum Gasteiger partial charge on any atom is 0.250 e. The van der Waals surface area contributed by atoms with Crippen molar-refractivity contribution < 1.29 is 22.7 Å². The van der Waals surface area contributed by atoms with Gasteiger partial charge in [0.25, 0.3) is 0 Å². The number of methoxy groups -OCH3 is 1. The molecule has 0 aliphatic heterocycles. The van der Waals surface area contributed by atoms with Gasteiger partial charge in [0.15, 0.2) is 0 Å². The minimum atomic E-state index is -3.54. The molecule has 7 nitrogen and oxygen atoms in total. The van der Waals surface area contributed by atoms with Gasteiger partial charge in [-0.3, -0.25) is 4.79 Å². The van der Waals surface area contributed by atoms with E-state index in [-0.39, 0.29) is 17.4 Å². The van der Waals surface area contributed by atoms with E-state index in [1.807, 2.05) is 0 Å². The Morgan fingerprint density at radius 2 is 1.91 bits per heavy atom. The summed E-state index contributed by atoms with van der Waals surface area (Å²) >= 11 is 0. The summed E-state index contributed by atoms with van der Waals surface area (Å²) in [6.07, 6.45) is 0.599. The van der Waals surface area contributed by atoms with Crippen molar-refractivity contribution in [1.82, 2.24) is 4.72 Å². The average Bonchev–Trinajstić information content (AvgIpc) is 2.50. The average molecular weight is 330 g/mol. The van der Waals surface area contributed by atoms with E-state index in [0.717, 1.165) is 0 Å². The van der Waals surface area contributed by atoms with Crippen LogP contribution in [0.2, 0.25) is 0 Å². The first-order chi connectivity index (χ1) is 10.5. The third-order valence-corrected chi connectivity index (χ3v) is 4.18. The lowest BCUT2D eigenvalue weighted by Gasteiger charge is -2.08. The van der Waals surface area contributed by atoms with Gasteiger partial charge in [0.05, 0.1) is 4.90 Å². The molecule has 0 aliphatic rings. The van der Waals surface area contributed by atoms with Gasteiger partial charge in [-0.15, -0.1) is 0 Å². The molecule has 0 radical (unpaired) electrons. The van der Waals surface area contributed by atoms with Crippen LogP contribution in [0.4, 0.5) is 5.69 Å². The Morgan fingerprint density at radius 3 is 2.50 bits per heavy atom. The number of nitrogens with one attached hydrogen (secondary N) is 2. The topological polar surface area (TPSA) is 93.7 Å². The number of anilines is 1. The van der Waals surface area contributed by atoms with Gasteiger partial charge >= 0.3 is 0 Å². The summed E-state index contributed by atoms with van der Waals surface area (Å²) in [5.41, 5.74) is 0.517. The molecular formula is C14H22N2O5S. The van der Waals surface area contributed by atoms with Gasteiger partial charge in [-0.25, -0.2) is 13.1 Å². The third-order valence-electron chi connectivity index (χ3n) is 2.70. The summed E-state index contributed by atoms with van der Waals surface area (Å²) in [5.74, 6) is -0.282. The van der Waals surface area contributed by atoms with E-state index in [4.69, 9.17) is 9.47 Å². The number of hydrogen-bond donors (Lipinski definition) is 2. The van der Waals surface area contributed by atoms with Gasteiger partial charge < -0.3 is 14.8 Å². The van der Waals surface area contributed by atoms with Crippen LogP contribution in [0.3, 0.4) is 0 Å². The van der Waals surface area contributed by atoms with E-state index in [0.29, 0.717) is 31.9 Å². The molecule has 0 aromatic heterocycles. The quantitative estimate of drug-likeness (QED) is 0.624. The van der Waals surface area contributed by atoms with Crippen molar-refractivity contribution in [2.24, 2.45) is 0 Å². The standard InChI is InChI=1S/C14H22N2O5S/c1-3-21-11-14(17)16-12-5-7-13(8-6-12)22(18,19)15-9-4-10-20-2/h5-8,15H,3-4,9-11H2,1-2H3,(H,16,17). The highest BCUT2D eigenvalue weighted by Gasteiger charge is 2.13. The molecule has 1 rings (SSSR count). The second-order valence-corrected chi connectivity index (χ2v) is 6.22. The Balaban J connectivity index is 2.58. The maximum atomic E-state index is 12.0. The van der Waals surface area contributed by atoms with Crippen molar-refractivity contribution in [2.45, 2.75) is 18.2 Å². The van der Waals surface area contributed by atoms with Crippen LogP contribution in [0.1, 0.15) is 13.3 Å². The smallest absolute Gasteiger partial charge is 0.250 e. The maximum absolute atomic E-state index is 12.0. The fraction of sp³-hybridized carbons (Fsp3) is 0.500. The molecular weight excluding hydrogens is 308 g/mol. The molecule has 0 fully saturated rings. The summed E-state index contributed by atoms with van der Waals surface area (Å²) in [6, 6.07) is 5.95. The van der Waals surface area contributed by atoms with Crippen LogP contribution in [0, 0.1) is 0 Å². The molecule has 0 heterocycles. The molecule has 1 aromatic rings. The van der Waals surface area contributed by atoms with Crippen LogP contribution in [-0.4, -0.2) is 47.8 Å². The fourth-order valence-electron chi connectivity index (χ4n) is 1.62. The number of amides is 1. The Labute approximate surface area is 131 Å². The van der Waals surface area contributed by atoms with E-state index in [9.17, 15) is 13.2 Å². The SMILES string of the molecule is CCOCC(=O)Nc1ccc(S(=O)(=O)NCCCOC)cc1. The van der Waals surface area contributed by atoms with Crippen LogP contribution in [0.5, 0.6) is 0 Å². The van der Waals surface area contributed by atoms with Gasteiger partial charge in [0, 0.05) is 32.6 Å². The lowest BCUT2D eigenvalue weighted by molar-refractivity contribution is -0.120. The van der Waals surface area contributed by atoms with Crippen LogP contribution in [0.25, 0.3) is 0 Å². The Kier molecular flexibility index (Phi) is 8.03. The molecule has 0 aliphatic carbocycles. The minimum absolute atomic E-state index is 0.0302. The molecule has 0 atom stereocenters. The van der Waals surface area contributed by atoms with E-state index < -0.39 is 10.0 Å². The number of carbonyl (C=O) groups excluding carboxylic acids is 1. The summed E-state index contributed by atoms with van der Waals surface area (Å²) < 4.78 is 36.3. The molecule has 22 heavy (non-hydrogen) atoms. The summed E-state index contributed by atoms with van der Waals surface area (Å²) in [7, 11) is -1.98. The van der Waals surface area contributed by atoms with E-state index in [2.05, 4.69) is 10.0 Å². The second-order valence-electron chi connectivity index (χ2n) is 4.45. The molecule has 0 saturated carbocycles. The number of rotatable bonds is 10. The van der Waals surface area contributed by atoms with Crippen molar-refractivity contribution in [3.05, 3.63) is 24.3 Å². The van der Waals surface area contributed by atoms with Gasteiger partial charge in [-0.2, -0.15) is 0 Å². The number of hydrogen-bond acceptors (Lipinski definition) is 5. The lowest BCUT2D eigenvalue weighted by Crippen LogP contribution is -2.25. The lowest BCUT2D eigenvalue weighted by atomic mass is 10.3. The van der Waals surface area contributed by atoms with Gasteiger partial charge in [-0.1, -0.05) is 0 Å². The van der Waals surface area contributed by atoms with Gasteiger partial charge in [0.1, 0.15) is 6.61 Å². The first-order valence-corrected chi connectivity index (χ1v) is 8.44. The zero-order valence-corrected chi connectivity index (χ0v) is 13.6. The van der Waals surface area contributed by atoms with E-state index in [1.165, 1.54) is 24.3 Å². The highest BCUT2D eigenvalue weighted by molar-refractivity contribution is 7.89. The van der Waals surface area contributed by atoms with Crippen LogP contribution in [0.15, 0.2) is 29.2 Å². The summed E-state index contributed by atoms with van der Waals surface area (Å²) in [5, 5.41) is 2.62. The molecule has 124 valence electrons. The van der Waals surface area contributed by atoms with Crippen molar-refractivity contribution in [2.75, 3.05) is 38.8 Å². The van der Waals surface area contributed by atoms with Crippen LogP contribution in [-0.2, 0) is 24.3 Å². The molecule has 1 aromatic carbocycles. The predicted molar refractivity (Wildman–Crippen MR) is 83.2 cm³/mol. The fourth-order valence-corrected chi connectivity index (χ4v) is 2.69. The normalized spacial score (nSPS) is 11.4. The van der Waals surface area contributed by atoms with Crippen molar-refractivity contribution >= 4 is 21.6 Å². The summed E-state index contributed by atoms with van der Waals surface area (Å²) in [4.78, 5) is 11.6. The van der Waals surface area contributed by atoms with E-state index >= 15 is 0 Å². The molecule has 0 unspecified atom stereocenters. The number of sulfonamides is 1. The second kappa shape index (κ2) is 9.52. The van der Waals surface area contributed by atoms with Crippen molar-refractivity contribution in [3.63, 3.8) is 0 Å². The van der Waals surface area contributed by atoms with E-state index in [1.54, 1.807) is 14.0 Å². The zero-order chi connectivity index (χ0) is 16.4. The third kappa shape index (κ3) is 6.52. The number of carbonyl (C=O) groups is 1. The minimum Gasteiger partial charge on any atom is -0.385 e. The highest BCUT2D eigenvalue weighted by atomic mass is 32.2. The zero-order valence-electron chi connectivity index (χ0n) is 12.8. The first-order valence-electron chi connectivity index (χ1n) is 6.96. The van der Waals surface area contributed by atoms with Crippen LogP contribution < -0.4 is 10.0 Å². The first kappa shape index (κ1) is 18.6. The molecule has 0 bridgehead atoms. The number of ether oxygens (including phenoxy) is 2. The molecule has 1 amide bonds. The molecule has 8 heteroatoms. The monoisotopic (exact) mass is 330 g/mol. The van der Waals surface area contributed by atoms with Crippen molar-refractivity contribution in [3.8, 4) is 0 Å². The summed E-state index contributed by atoms with van der Waals surface area (Å²) in [6.45, 7) is 3.03. The Morgan fingerprint density at radius 1 is 1.23 bits per heavy atom. The largest absolute Gasteiger partial charge is 0.385 e. The Bertz CT molecular complexity index is 557. The molecule has 0 spiro atoms. The van der Waals surface area contributed by atoms with Gasteiger partial charge in [-0.05, 0) is 37.6 Å². The molecule has 0 saturated heterocycles. The Hall–Kier alpha value is -1.48. The molecule has 2 N–H and O–H groups in total. The van der Waals surface area contributed by atoms with Crippen molar-refractivity contribution in [1.29, 1.82) is 0 Å².